The number of aliphatic imine (C=N–C) groups is 1. The summed E-state index contributed by atoms with van der Waals surface area (Å²) in [6.07, 6.45) is 0.625. The number of guanidine groups is 1. The molecule has 3 unspecified atom stereocenters. The number of benzene rings is 1. The van der Waals surface area contributed by atoms with Crippen molar-refractivity contribution in [1.29, 1.82) is 0 Å². The van der Waals surface area contributed by atoms with Crippen LogP contribution in [0.25, 0.3) is 0 Å². The molecule has 3 atom stereocenters. The first-order valence-corrected chi connectivity index (χ1v) is 10.8. The molecule has 0 saturated heterocycles. The minimum Gasteiger partial charge on any atom is -0.462 e. The van der Waals surface area contributed by atoms with Crippen molar-refractivity contribution in [2.45, 2.75) is 52.1 Å². The van der Waals surface area contributed by atoms with Crippen molar-refractivity contribution >= 4 is 23.3 Å². The Morgan fingerprint density at radius 2 is 2.07 bits per heavy atom. The molecule has 0 amide bonds. The number of ether oxygens (including phenoxy) is 1. The van der Waals surface area contributed by atoms with Crippen LogP contribution < -0.4 is 10.6 Å². The maximum atomic E-state index is 14.0. The van der Waals surface area contributed by atoms with Crippen LogP contribution in [-0.2, 0) is 4.74 Å². The molecule has 3 rings (SSSR count). The average Bonchev–Trinajstić information content (AvgIpc) is 3.30. The topological polar surface area (TPSA) is 75.6 Å². The fourth-order valence-corrected chi connectivity index (χ4v) is 4.22. The van der Waals surface area contributed by atoms with Gasteiger partial charge in [-0.3, -0.25) is 4.99 Å². The van der Waals surface area contributed by atoms with E-state index in [1.807, 2.05) is 13.8 Å². The number of carbonyl (C=O) groups is 1. The van der Waals surface area contributed by atoms with Gasteiger partial charge in [0.25, 0.3) is 0 Å². The van der Waals surface area contributed by atoms with E-state index < -0.39 is 11.6 Å². The van der Waals surface area contributed by atoms with E-state index in [9.17, 15) is 13.6 Å². The van der Waals surface area contributed by atoms with E-state index in [0.717, 1.165) is 5.01 Å². The largest absolute Gasteiger partial charge is 0.462 e. The van der Waals surface area contributed by atoms with Crippen molar-refractivity contribution in [3.8, 4) is 0 Å². The number of aromatic nitrogens is 1. The maximum Gasteiger partial charge on any atom is 0.350 e. The van der Waals surface area contributed by atoms with Gasteiger partial charge in [0.15, 0.2) is 5.96 Å². The summed E-state index contributed by atoms with van der Waals surface area (Å²) >= 11 is 1.28. The van der Waals surface area contributed by atoms with Crippen molar-refractivity contribution in [3.63, 3.8) is 0 Å². The quantitative estimate of drug-likeness (QED) is 0.389. The Labute approximate surface area is 178 Å². The van der Waals surface area contributed by atoms with Gasteiger partial charge in [-0.2, -0.15) is 0 Å². The fourth-order valence-electron chi connectivity index (χ4n) is 3.26. The highest BCUT2D eigenvalue weighted by molar-refractivity contribution is 7.13. The Bertz CT molecular complexity index is 927. The van der Waals surface area contributed by atoms with Gasteiger partial charge in [-0.25, -0.2) is 18.6 Å². The van der Waals surface area contributed by atoms with E-state index in [1.165, 1.54) is 29.5 Å². The molecular weight excluding hydrogens is 410 g/mol. The molecule has 0 spiro atoms. The van der Waals surface area contributed by atoms with Crippen molar-refractivity contribution in [2.75, 3.05) is 13.2 Å². The number of aryl methyl sites for hydroxylation is 1. The average molecular weight is 437 g/mol. The second-order valence-electron chi connectivity index (χ2n) is 7.10. The van der Waals surface area contributed by atoms with Crippen LogP contribution >= 0.6 is 11.3 Å². The van der Waals surface area contributed by atoms with Crippen LogP contribution in [0.1, 0.15) is 65.1 Å². The highest BCUT2D eigenvalue weighted by Gasteiger charge is 2.42. The molecule has 0 radical (unpaired) electrons. The van der Waals surface area contributed by atoms with Crippen molar-refractivity contribution in [3.05, 3.63) is 51.0 Å². The summed E-state index contributed by atoms with van der Waals surface area (Å²) < 4.78 is 33.1. The lowest BCUT2D eigenvalue weighted by molar-refractivity contribution is 0.0531. The normalized spacial score (nSPS) is 19.3. The second-order valence-corrected chi connectivity index (χ2v) is 8.14. The van der Waals surface area contributed by atoms with Gasteiger partial charge < -0.3 is 15.4 Å². The number of thiazole rings is 1. The first kappa shape index (κ1) is 22.1. The Hall–Kier alpha value is -2.55. The molecule has 0 aliphatic heterocycles. The lowest BCUT2D eigenvalue weighted by atomic mass is 10.1. The van der Waals surface area contributed by atoms with Gasteiger partial charge in [-0.1, -0.05) is 6.07 Å². The number of nitrogens with one attached hydrogen (secondary N) is 2. The molecule has 1 aromatic carbocycles. The zero-order valence-electron chi connectivity index (χ0n) is 17.5. The molecule has 9 heteroatoms. The minimum atomic E-state index is -0.524. The first-order chi connectivity index (χ1) is 14.3. The smallest absolute Gasteiger partial charge is 0.350 e. The summed E-state index contributed by atoms with van der Waals surface area (Å²) in [6.45, 7) is 8.20. The predicted molar refractivity (Wildman–Crippen MR) is 113 cm³/mol. The Kier molecular flexibility index (Phi) is 7.02. The van der Waals surface area contributed by atoms with E-state index in [0.29, 0.717) is 36.1 Å². The molecule has 1 aliphatic rings. The number of rotatable bonds is 7. The minimum absolute atomic E-state index is 0.102. The molecule has 162 valence electrons. The molecule has 1 heterocycles. The summed E-state index contributed by atoms with van der Waals surface area (Å²) in [5.41, 5.74) is 0.745. The SMILES string of the molecule is CCN=C(NC(C)c1nc(C)c(C(=O)OCC)s1)NC1CC1c1c(F)cccc1F. The van der Waals surface area contributed by atoms with Gasteiger partial charge in [0.1, 0.15) is 21.5 Å². The van der Waals surface area contributed by atoms with Crippen LogP contribution in [0.5, 0.6) is 0 Å². The Morgan fingerprint density at radius 3 is 2.70 bits per heavy atom. The van der Waals surface area contributed by atoms with Gasteiger partial charge in [0.05, 0.1) is 18.3 Å². The van der Waals surface area contributed by atoms with Crippen LogP contribution in [-0.4, -0.2) is 36.1 Å². The number of carbonyl (C=O) groups excluding carboxylic acids is 1. The number of esters is 1. The van der Waals surface area contributed by atoms with Gasteiger partial charge >= 0.3 is 5.97 Å². The summed E-state index contributed by atoms with van der Waals surface area (Å²) in [6, 6.07) is 3.61. The Morgan fingerprint density at radius 1 is 1.37 bits per heavy atom. The van der Waals surface area contributed by atoms with E-state index in [1.54, 1.807) is 13.8 Å². The lowest BCUT2D eigenvalue weighted by Crippen LogP contribution is -2.40. The van der Waals surface area contributed by atoms with Crippen LogP contribution in [0.4, 0.5) is 8.78 Å². The van der Waals surface area contributed by atoms with E-state index in [2.05, 4.69) is 20.6 Å². The van der Waals surface area contributed by atoms with Gasteiger partial charge in [-0.15, -0.1) is 11.3 Å². The molecule has 2 aromatic rings. The number of hydrogen-bond donors (Lipinski definition) is 2. The third kappa shape index (κ3) is 4.95. The van der Waals surface area contributed by atoms with E-state index in [-0.39, 0.29) is 29.5 Å². The van der Waals surface area contributed by atoms with Gasteiger partial charge in [0, 0.05) is 24.1 Å². The molecule has 2 N–H and O–H groups in total. The van der Waals surface area contributed by atoms with Gasteiger partial charge in [0.2, 0.25) is 0 Å². The standard InChI is InChI=1S/C21H26F2N4O2S/c1-5-24-21(27-16-10-13(16)17-14(22)8-7-9-15(17)23)26-12(4)19-25-11(3)18(30-19)20(28)29-6-2/h7-9,12-13,16H,5-6,10H2,1-4H3,(H2,24,26,27). The maximum absolute atomic E-state index is 14.0. The first-order valence-electron chi connectivity index (χ1n) is 10.0. The highest BCUT2D eigenvalue weighted by Crippen LogP contribution is 2.43. The van der Waals surface area contributed by atoms with Crippen LogP contribution in [0, 0.1) is 18.6 Å². The van der Waals surface area contributed by atoms with Gasteiger partial charge in [-0.05, 0) is 46.2 Å². The highest BCUT2D eigenvalue weighted by atomic mass is 32.1. The van der Waals surface area contributed by atoms with Crippen LogP contribution in [0.2, 0.25) is 0 Å². The van der Waals surface area contributed by atoms with E-state index >= 15 is 0 Å². The number of nitrogens with zero attached hydrogens (tertiary/aromatic N) is 2. The summed E-state index contributed by atoms with van der Waals surface area (Å²) in [4.78, 5) is 21.4. The van der Waals surface area contributed by atoms with Crippen molar-refractivity contribution in [1.82, 2.24) is 15.6 Å². The lowest BCUT2D eigenvalue weighted by Gasteiger charge is -2.17. The molecule has 1 aliphatic carbocycles. The third-order valence-corrected chi connectivity index (χ3v) is 6.12. The fraction of sp³-hybridized carbons (Fsp3) is 0.476. The second kappa shape index (κ2) is 9.51. The predicted octanol–water partition coefficient (Wildman–Crippen LogP) is 4.08. The monoisotopic (exact) mass is 436 g/mol. The molecule has 1 saturated carbocycles. The number of hydrogen-bond acceptors (Lipinski definition) is 5. The van der Waals surface area contributed by atoms with Crippen molar-refractivity contribution < 1.29 is 18.3 Å². The molecule has 0 bridgehead atoms. The summed E-state index contributed by atoms with van der Waals surface area (Å²) in [7, 11) is 0. The molecular formula is C21H26F2N4O2S. The molecule has 1 aromatic heterocycles. The molecule has 6 nitrogen and oxygen atoms in total. The van der Waals surface area contributed by atoms with E-state index in [4.69, 9.17) is 4.74 Å². The summed E-state index contributed by atoms with van der Waals surface area (Å²) in [5.74, 6) is -1.12. The summed E-state index contributed by atoms with van der Waals surface area (Å²) in [5, 5.41) is 7.25. The molecule has 1 fully saturated rings. The van der Waals surface area contributed by atoms with Crippen molar-refractivity contribution in [2.24, 2.45) is 4.99 Å². The number of halogens is 2. The Balaban J connectivity index is 1.66. The van der Waals surface area contributed by atoms with Crippen LogP contribution in [0.15, 0.2) is 23.2 Å². The third-order valence-electron chi connectivity index (χ3n) is 4.80. The zero-order valence-corrected chi connectivity index (χ0v) is 18.3. The van der Waals surface area contributed by atoms with Crippen LogP contribution in [0.3, 0.4) is 0 Å². The molecule has 30 heavy (non-hydrogen) atoms. The zero-order chi connectivity index (χ0) is 21.8.